The third kappa shape index (κ3) is 6.73. The van der Waals surface area contributed by atoms with Gasteiger partial charge in [-0.2, -0.15) is 0 Å². The van der Waals surface area contributed by atoms with Gasteiger partial charge < -0.3 is 23.6 Å². The van der Waals surface area contributed by atoms with Crippen LogP contribution >= 0.6 is 11.6 Å². The van der Waals surface area contributed by atoms with Crippen molar-refractivity contribution in [3.8, 4) is 11.5 Å². The van der Waals surface area contributed by atoms with Crippen molar-refractivity contribution in [2.75, 3.05) is 16.4 Å². The number of ether oxygens (including phenoxy) is 2. The molecule has 13 heteroatoms. The van der Waals surface area contributed by atoms with Crippen molar-refractivity contribution < 1.29 is 28.3 Å². The Morgan fingerprint density at radius 3 is 2.36 bits per heavy atom. The minimum Gasteiger partial charge on any atom is -0.454 e. The molecule has 5 aromatic carbocycles. The van der Waals surface area contributed by atoms with Gasteiger partial charge in [0.25, 0.3) is 11.8 Å². The third-order valence-corrected chi connectivity index (χ3v) is 14.7. The highest BCUT2D eigenvalue weighted by Crippen LogP contribution is 2.60. The molecule has 1 aromatic heterocycles. The fourth-order valence-electron chi connectivity index (χ4n) is 9.34. The number of halogens is 2. The minimum absolute atomic E-state index is 0.125. The first-order valence-electron chi connectivity index (χ1n) is 19.8. The molecule has 10 nitrogen and oxygen atoms in total. The molecule has 1 spiro atoms. The molecule has 3 aliphatic rings. The lowest BCUT2D eigenvalue weighted by molar-refractivity contribution is -0.146. The summed E-state index contributed by atoms with van der Waals surface area (Å²) in [7, 11) is -3.43. The van der Waals surface area contributed by atoms with Gasteiger partial charge in [0.05, 0.1) is 47.8 Å². The molecule has 1 N–H and O–H groups in total. The predicted molar refractivity (Wildman–Crippen MR) is 227 cm³/mol. The summed E-state index contributed by atoms with van der Waals surface area (Å²) in [5, 5.41) is 19.4. The summed E-state index contributed by atoms with van der Waals surface area (Å²) < 4.78 is 31.4. The van der Waals surface area contributed by atoms with Gasteiger partial charge in [-0.1, -0.05) is 90.5 Å². The van der Waals surface area contributed by atoms with E-state index in [9.17, 15) is 9.90 Å². The van der Waals surface area contributed by atoms with Crippen LogP contribution in [0.3, 0.4) is 0 Å². The standard InChI is InChI=1S/C46H43ClFN5O5Si/c1-29-43(59(2,3)48)42(23-24-51-27-37(49-50-51)35(28-54)31-11-5-4-6-12-31)58-46(29)36-25-32(47)19-22-38(36)52(45(46)56)26-30-17-20-33(21-18-30)53-39-14-8-10-16-41(39)57-40-15-9-7-13-34(40)44(53)55/h4-22,25,27,29,35,42-43,54H,23-24,26,28H2,1-3H3/t29-,35?,42+,43-,46+/m1/s1. The molecule has 1 unspecified atom stereocenters. The van der Waals surface area contributed by atoms with E-state index in [4.69, 9.17) is 21.1 Å². The SMILES string of the molecule is C[C@@H]1[C@@H]([Si](C)(C)F)[C@H](CCn2cc(C(CO)c3ccccc3)nn2)O[C@@]12C(=O)N(Cc1ccc(N3C(=O)c4ccccc4Oc4ccccc43)cc1)c1ccc(Cl)cc12. The quantitative estimate of drug-likeness (QED) is 0.108. The van der Waals surface area contributed by atoms with Gasteiger partial charge in [0.2, 0.25) is 8.41 Å². The number of rotatable bonds is 10. The largest absolute Gasteiger partial charge is 0.454 e. The number of aryl methyl sites for hydroxylation is 1. The normalized spacial score (nSPS) is 21.6. The highest BCUT2D eigenvalue weighted by atomic mass is 35.5. The second kappa shape index (κ2) is 15.2. The molecule has 300 valence electrons. The molecule has 1 fully saturated rings. The van der Waals surface area contributed by atoms with Gasteiger partial charge in [0, 0.05) is 40.5 Å². The number of aliphatic hydroxyl groups excluding tert-OH is 1. The van der Waals surface area contributed by atoms with Crippen molar-refractivity contribution in [3.63, 3.8) is 0 Å². The number of benzene rings is 5. The number of carbonyl (C=O) groups is 2. The number of hydrogen-bond acceptors (Lipinski definition) is 7. The first-order valence-corrected chi connectivity index (χ1v) is 23.1. The van der Waals surface area contributed by atoms with Crippen molar-refractivity contribution in [1.29, 1.82) is 0 Å². The van der Waals surface area contributed by atoms with Crippen LogP contribution in [0.15, 0.2) is 128 Å². The lowest BCUT2D eigenvalue weighted by Gasteiger charge is -2.31. The van der Waals surface area contributed by atoms with E-state index in [1.165, 1.54) is 0 Å². The van der Waals surface area contributed by atoms with Crippen molar-refractivity contribution >= 4 is 48.9 Å². The number of hydrogen-bond donors (Lipinski definition) is 1. The maximum absolute atomic E-state index is 16.6. The zero-order chi connectivity index (χ0) is 41.1. The average Bonchev–Trinajstić information content (AvgIpc) is 3.86. The highest BCUT2D eigenvalue weighted by molar-refractivity contribution is 6.72. The molecule has 1 saturated heterocycles. The minimum atomic E-state index is -3.43. The van der Waals surface area contributed by atoms with E-state index < -0.39 is 31.6 Å². The molecule has 0 bridgehead atoms. The first kappa shape index (κ1) is 38.8. The molecule has 4 heterocycles. The Hall–Kier alpha value is -5.66. The topological polar surface area (TPSA) is 110 Å². The summed E-state index contributed by atoms with van der Waals surface area (Å²) in [4.78, 5) is 32.4. The lowest BCUT2D eigenvalue weighted by Crippen LogP contribution is -2.45. The van der Waals surface area contributed by atoms with Crippen LogP contribution in [0.25, 0.3) is 0 Å². The lowest BCUT2D eigenvalue weighted by atomic mass is 9.82. The Morgan fingerprint density at radius 2 is 1.61 bits per heavy atom. The summed E-state index contributed by atoms with van der Waals surface area (Å²) in [6, 6.07) is 37.2. The Labute approximate surface area is 347 Å². The zero-order valence-corrected chi connectivity index (χ0v) is 34.6. The monoisotopic (exact) mass is 827 g/mol. The van der Waals surface area contributed by atoms with Crippen LogP contribution in [0.4, 0.5) is 21.2 Å². The van der Waals surface area contributed by atoms with Crippen molar-refractivity contribution in [1.82, 2.24) is 15.0 Å². The molecule has 6 aromatic rings. The molecule has 2 amide bonds. The number of aromatic nitrogens is 3. The van der Waals surface area contributed by atoms with E-state index in [2.05, 4.69) is 10.3 Å². The number of amides is 2. The molecule has 0 aliphatic carbocycles. The van der Waals surface area contributed by atoms with E-state index in [0.717, 1.165) is 11.1 Å². The van der Waals surface area contributed by atoms with Crippen LogP contribution in [-0.4, -0.2) is 53.0 Å². The van der Waals surface area contributed by atoms with Crippen molar-refractivity contribution in [3.05, 3.63) is 160 Å². The molecular formula is C46H43ClFN5O5Si. The van der Waals surface area contributed by atoms with Gasteiger partial charge in [-0.3, -0.25) is 19.2 Å². The maximum Gasteiger partial charge on any atom is 0.266 e. The molecule has 59 heavy (non-hydrogen) atoms. The smallest absolute Gasteiger partial charge is 0.266 e. The maximum atomic E-state index is 16.6. The van der Waals surface area contributed by atoms with Gasteiger partial charge >= 0.3 is 0 Å². The summed E-state index contributed by atoms with van der Waals surface area (Å²) in [6.45, 7) is 5.75. The van der Waals surface area contributed by atoms with Gasteiger partial charge in [-0.25, -0.2) is 0 Å². The zero-order valence-electron chi connectivity index (χ0n) is 32.8. The summed E-state index contributed by atoms with van der Waals surface area (Å²) in [5.74, 6) is -0.274. The van der Waals surface area contributed by atoms with E-state index in [1.807, 2.05) is 110 Å². The fourth-order valence-corrected chi connectivity index (χ4v) is 12.1. The van der Waals surface area contributed by atoms with Crippen LogP contribution < -0.4 is 14.5 Å². The molecule has 5 atom stereocenters. The summed E-state index contributed by atoms with van der Waals surface area (Å²) >= 11 is 6.63. The molecule has 3 aliphatic heterocycles. The van der Waals surface area contributed by atoms with E-state index in [0.29, 0.717) is 63.4 Å². The molecular weight excluding hydrogens is 785 g/mol. The van der Waals surface area contributed by atoms with Gasteiger partial charge in [-0.15, -0.1) is 5.10 Å². The number of fused-ring (bicyclic) bond motifs is 4. The number of anilines is 3. The van der Waals surface area contributed by atoms with Crippen LogP contribution in [0, 0.1) is 5.92 Å². The van der Waals surface area contributed by atoms with Crippen LogP contribution in [0.2, 0.25) is 23.7 Å². The van der Waals surface area contributed by atoms with Crippen molar-refractivity contribution in [2.45, 2.75) is 62.7 Å². The number of para-hydroxylation sites is 3. The summed E-state index contributed by atoms with van der Waals surface area (Å²) in [6.07, 6.45) is 1.62. The number of nitrogens with zero attached hydrogens (tertiary/aromatic N) is 5. The van der Waals surface area contributed by atoms with Crippen LogP contribution in [-0.2, 0) is 28.2 Å². The van der Waals surface area contributed by atoms with Crippen LogP contribution in [0.1, 0.15) is 52.0 Å². The molecule has 0 radical (unpaired) electrons. The Balaban J connectivity index is 0.993. The van der Waals surface area contributed by atoms with Crippen LogP contribution in [0.5, 0.6) is 11.5 Å². The number of carbonyl (C=O) groups excluding carboxylic acids is 2. The predicted octanol–water partition coefficient (Wildman–Crippen LogP) is 9.55. The Kier molecular flexibility index (Phi) is 9.99. The van der Waals surface area contributed by atoms with Gasteiger partial charge in [-0.05, 0) is 85.2 Å². The fraction of sp³-hybridized carbons (Fsp3) is 0.261. The first-order chi connectivity index (χ1) is 28.5. The average molecular weight is 828 g/mol. The number of aliphatic hydroxyl groups is 1. The second-order valence-corrected chi connectivity index (χ2v) is 20.3. The van der Waals surface area contributed by atoms with Gasteiger partial charge in [0.15, 0.2) is 11.4 Å². The van der Waals surface area contributed by atoms with E-state index >= 15 is 8.90 Å². The highest BCUT2D eigenvalue weighted by Gasteiger charge is 2.66. The third-order valence-electron chi connectivity index (χ3n) is 12.0. The molecule has 9 rings (SSSR count). The van der Waals surface area contributed by atoms with E-state index in [-0.39, 0.29) is 30.9 Å². The van der Waals surface area contributed by atoms with Gasteiger partial charge in [0.1, 0.15) is 5.75 Å². The summed E-state index contributed by atoms with van der Waals surface area (Å²) in [5.41, 5.74) is 3.41. The Morgan fingerprint density at radius 1 is 0.898 bits per heavy atom. The molecule has 0 saturated carbocycles. The second-order valence-electron chi connectivity index (χ2n) is 16.0. The van der Waals surface area contributed by atoms with E-state index in [1.54, 1.807) is 51.8 Å². The Bertz CT molecular complexity index is 2550. The van der Waals surface area contributed by atoms with Crippen molar-refractivity contribution in [2.24, 2.45) is 5.92 Å².